The Kier molecular flexibility index (Phi) is 25.5. The Labute approximate surface area is 709 Å². The first-order chi connectivity index (χ1) is 53.1. The van der Waals surface area contributed by atoms with Crippen molar-refractivity contribution in [2.24, 2.45) is 70.4 Å². The van der Waals surface area contributed by atoms with E-state index in [0.29, 0.717) is 65.0 Å². The van der Waals surface area contributed by atoms with Gasteiger partial charge in [0.25, 0.3) is 0 Å². The highest BCUT2D eigenvalue weighted by Crippen LogP contribution is 2.76. The van der Waals surface area contributed by atoms with Gasteiger partial charge in [0.15, 0.2) is 0 Å². The molecule has 11 aliphatic rings. The van der Waals surface area contributed by atoms with Gasteiger partial charge in [-0.15, -0.1) is 0 Å². The zero-order valence-electron chi connectivity index (χ0n) is 80.9. The molecular formula is C115H168. The van der Waals surface area contributed by atoms with Crippen LogP contribution >= 0.6 is 0 Å². The molecule has 5 aromatic rings. The van der Waals surface area contributed by atoms with Crippen LogP contribution in [-0.2, 0) is 21.7 Å². The first kappa shape index (κ1) is 91.6. The van der Waals surface area contributed by atoms with E-state index in [9.17, 15) is 0 Å². The maximum absolute atomic E-state index is 2.49. The molecule has 16 rings (SSSR count). The van der Waals surface area contributed by atoms with E-state index in [1.54, 1.807) is 55.7 Å². The molecule has 0 radical (unpaired) electrons. The average Bonchev–Trinajstić information content (AvgIpc) is 1.51. The summed E-state index contributed by atoms with van der Waals surface area (Å²) in [6.07, 6.45) is 26.5. The van der Waals surface area contributed by atoms with Crippen molar-refractivity contribution >= 4 is 0 Å². The Morgan fingerprint density at radius 2 is 0.443 bits per heavy atom. The first-order valence-electron chi connectivity index (χ1n) is 46.2. The van der Waals surface area contributed by atoms with E-state index in [0.717, 1.165) is 12.8 Å². The third-order valence-corrected chi connectivity index (χ3v) is 39.1. The van der Waals surface area contributed by atoms with E-state index < -0.39 is 0 Å². The molecule has 0 aromatic heterocycles. The molecule has 0 N–H and O–H groups in total. The minimum Gasteiger partial charge on any atom is -0.0682 e. The highest BCUT2D eigenvalue weighted by molar-refractivity contribution is 5.55. The fraction of sp³-hybridized carbons (Fsp3) is 0.617. The summed E-state index contributed by atoms with van der Waals surface area (Å²) in [7, 11) is 0. The van der Waals surface area contributed by atoms with Gasteiger partial charge in [-0.25, -0.2) is 0 Å². The molecule has 5 aromatic carbocycles. The molecule has 0 heterocycles. The molecule has 0 nitrogen and oxygen atoms in total. The van der Waals surface area contributed by atoms with Crippen molar-refractivity contribution in [1.29, 1.82) is 0 Å². The molecule has 3 atom stereocenters. The lowest BCUT2D eigenvalue weighted by Gasteiger charge is -2.53. The third kappa shape index (κ3) is 14.8. The fourth-order valence-corrected chi connectivity index (χ4v) is 27.9. The Morgan fingerprint density at radius 3 is 0.696 bits per heavy atom. The maximum atomic E-state index is 2.49. The van der Waals surface area contributed by atoms with Gasteiger partial charge in [-0.3, -0.25) is 0 Å². The van der Waals surface area contributed by atoms with E-state index >= 15 is 0 Å². The first-order valence-corrected chi connectivity index (χ1v) is 46.2. The molecule has 4 spiro atoms. The van der Waals surface area contributed by atoms with Gasteiger partial charge in [-0.05, 0) is 272 Å². The van der Waals surface area contributed by atoms with Crippen molar-refractivity contribution in [2.75, 3.05) is 0 Å². The van der Waals surface area contributed by atoms with Crippen molar-refractivity contribution < 1.29 is 0 Å². The van der Waals surface area contributed by atoms with Crippen LogP contribution in [0.2, 0.25) is 0 Å². The van der Waals surface area contributed by atoms with E-state index in [4.69, 9.17) is 0 Å². The van der Waals surface area contributed by atoms with E-state index in [1.807, 2.05) is 0 Å². The lowest BCUT2D eigenvalue weighted by molar-refractivity contribution is -0.0196. The molecule has 11 aliphatic carbocycles. The van der Waals surface area contributed by atoms with Crippen LogP contribution in [0.1, 0.15) is 392 Å². The predicted molar refractivity (Wildman–Crippen MR) is 505 cm³/mol. The summed E-state index contributed by atoms with van der Waals surface area (Å²) < 4.78 is 0. The van der Waals surface area contributed by atoms with Crippen LogP contribution in [0.15, 0.2) is 230 Å². The number of hydrogen-bond donors (Lipinski definition) is 0. The number of allylic oxidation sites excluding steroid dienone is 14. The summed E-state index contributed by atoms with van der Waals surface area (Å²) in [6.45, 7) is 83.9. The molecule has 0 heteroatoms. The molecule has 3 unspecified atom stereocenters. The van der Waals surface area contributed by atoms with Gasteiger partial charge in [-0.1, -0.05) is 420 Å². The zero-order valence-corrected chi connectivity index (χ0v) is 80.9. The quantitative estimate of drug-likeness (QED) is 0.154. The predicted octanol–water partition coefficient (Wildman–Crippen LogP) is 34.9. The third-order valence-electron chi connectivity index (χ3n) is 39.1. The molecular weight excluding hydrogens is 1380 g/mol. The van der Waals surface area contributed by atoms with Crippen molar-refractivity contribution in [2.45, 2.75) is 386 Å². The lowest BCUT2D eigenvalue weighted by Crippen LogP contribution is -2.46. The smallest absolute Gasteiger partial charge is 0.0419 e. The lowest BCUT2D eigenvalue weighted by atomic mass is 9.50. The van der Waals surface area contributed by atoms with Gasteiger partial charge in [0.1, 0.15) is 0 Å². The standard InChI is InChI=1S/2C21H24.C16H28.C16H22.C15H26.2C13H22/c1-16-17(2)21(4,19-13-9-6-10-14-19)15-20(16,3)18-11-7-5-8-12-18;1-16-17(2)21(15-20(16,3)4,18-11-7-5-8-12-18)19-13-9-6-10-14-19;1-12-13(2)15(5,6)16(14(12,3)4)10-8-7-9-11-16;1-12-13(2)16(5,11-15(12,3)4)14-9-7-6-8-10-14;1-11-12(2)14(5,6)15(13(11,3)4)9-7-8-10-15;1-9-10(2)13(7-8-13)12(5,6)11(9,3)4;1-10-11(2)13(7-5-6-8-13)9-12(10,3)4/h2*5-14H,15H2,1-4H3;7-11H2,1-6H3;6-10H,11H2,1-5H3;7-10H2,1-6H3;7-8H2,1-6H3;5-9H2,1-4H3. The Bertz CT molecular complexity index is 4340. The minimum atomic E-state index is 0.0239. The summed E-state index contributed by atoms with van der Waals surface area (Å²) >= 11 is 0. The summed E-state index contributed by atoms with van der Waals surface area (Å²) in [4.78, 5) is 0. The van der Waals surface area contributed by atoms with Gasteiger partial charge in [0, 0.05) is 21.7 Å². The molecule has 115 heavy (non-hydrogen) atoms. The molecule has 0 bridgehead atoms. The van der Waals surface area contributed by atoms with E-state index in [1.165, 1.54) is 159 Å². The summed E-state index contributed by atoms with van der Waals surface area (Å²) in [5.74, 6) is 0. The van der Waals surface area contributed by atoms with Crippen LogP contribution in [0, 0.1) is 70.4 Å². The SMILES string of the molecule is CC1=C(C)C(C)(C)C2(CCCC2)C1(C)C.CC1=C(C)C(C)(C)C2(CCCCC2)C1(C)C.CC1=C(C)C(C)(c2ccccc2)CC1(C)C.CC1=C(C)C(C)(c2ccccc2)CC1(C)c1ccccc1.CC1=C(C)C(c2ccccc2)(c2ccccc2)CC1(C)C.CC1=C(C)C2(CC2)C(C)(C)C1(C)C.CC1=C(C)C2(CCCC2)CC1(C)C. The summed E-state index contributed by atoms with van der Waals surface area (Å²) in [6, 6.07) is 54.8. The number of benzene rings is 5. The highest BCUT2D eigenvalue weighted by atomic mass is 14.7. The topological polar surface area (TPSA) is 0 Å². The van der Waals surface area contributed by atoms with Gasteiger partial charge < -0.3 is 0 Å². The van der Waals surface area contributed by atoms with Crippen LogP contribution in [0.3, 0.4) is 0 Å². The molecule has 0 amide bonds. The Balaban J connectivity index is 0.000000143. The maximum Gasteiger partial charge on any atom is 0.0419 e. The second kappa shape index (κ2) is 32.0. The monoisotopic (exact) mass is 1550 g/mol. The highest BCUT2D eigenvalue weighted by Gasteiger charge is 2.67. The van der Waals surface area contributed by atoms with Crippen LogP contribution in [-0.4, -0.2) is 0 Å². The normalized spacial score (nSPS) is 28.5. The van der Waals surface area contributed by atoms with E-state index in [2.05, 4.69) is 394 Å². The van der Waals surface area contributed by atoms with Crippen molar-refractivity contribution in [3.05, 3.63) is 257 Å². The Morgan fingerprint density at radius 1 is 0.191 bits per heavy atom. The molecule has 628 valence electrons. The average molecular weight is 1550 g/mol. The number of rotatable bonds is 5. The molecule has 0 aliphatic heterocycles. The summed E-state index contributed by atoms with van der Waals surface area (Å²) in [5, 5.41) is 0. The number of hydrogen-bond acceptors (Lipinski definition) is 0. The van der Waals surface area contributed by atoms with Crippen molar-refractivity contribution in [3.63, 3.8) is 0 Å². The molecule has 0 saturated heterocycles. The van der Waals surface area contributed by atoms with Crippen LogP contribution < -0.4 is 0 Å². The van der Waals surface area contributed by atoms with Gasteiger partial charge in [0.05, 0.1) is 0 Å². The second-order valence-corrected chi connectivity index (χ2v) is 45.6. The largest absolute Gasteiger partial charge is 0.0682 e. The van der Waals surface area contributed by atoms with E-state index in [-0.39, 0.29) is 27.1 Å². The summed E-state index contributed by atoms with van der Waals surface area (Å²) in [5.41, 5.74) is 36.2. The van der Waals surface area contributed by atoms with Gasteiger partial charge in [-0.2, -0.15) is 0 Å². The van der Waals surface area contributed by atoms with Crippen molar-refractivity contribution in [1.82, 2.24) is 0 Å². The fourth-order valence-electron chi connectivity index (χ4n) is 27.9. The molecule has 4 fully saturated rings. The van der Waals surface area contributed by atoms with Crippen molar-refractivity contribution in [3.8, 4) is 0 Å². The minimum absolute atomic E-state index is 0.0239. The molecule has 4 saturated carbocycles. The van der Waals surface area contributed by atoms with Crippen LogP contribution in [0.4, 0.5) is 0 Å². The van der Waals surface area contributed by atoms with Gasteiger partial charge >= 0.3 is 0 Å². The van der Waals surface area contributed by atoms with Crippen LogP contribution in [0.5, 0.6) is 0 Å². The Hall–Kier alpha value is -5.72. The van der Waals surface area contributed by atoms with Gasteiger partial charge in [0.2, 0.25) is 0 Å². The zero-order chi connectivity index (χ0) is 85.6. The second-order valence-electron chi connectivity index (χ2n) is 45.6. The van der Waals surface area contributed by atoms with Crippen LogP contribution in [0.25, 0.3) is 0 Å².